The Kier molecular flexibility index (Phi) is 4.40. The second-order valence-corrected chi connectivity index (χ2v) is 9.62. The van der Waals surface area contributed by atoms with Crippen LogP contribution < -0.4 is 4.80 Å². The Bertz CT molecular complexity index is 782. The van der Waals surface area contributed by atoms with Gasteiger partial charge in [-0.2, -0.15) is 4.99 Å². The van der Waals surface area contributed by atoms with E-state index < -0.39 is 0 Å². The first kappa shape index (κ1) is 17.1. The average molecular weight is 357 g/mol. The van der Waals surface area contributed by atoms with Gasteiger partial charge in [-0.1, -0.05) is 12.8 Å². The van der Waals surface area contributed by atoms with E-state index in [9.17, 15) is 4.79 Å². The largest absolute Gasteiger partial charge is 0.309 e. The first-order chi connectivity index (χ1) is 12.0. The monoisotopic (exact) mass is 356 g/mol. The standard InChI is InChI=1S/C21H28N2OS/c1-4-5-6-7-23-14(2)15(3)25-20(23)22-19(24)21-11-16-8-17(12-21)10-18(9-16)13-21/h16-18H,4,7-13H2,1-3H3/b22-20-. The molecule has 4 saturated carbocycles. The molecule has 4 bridgehead atoms. The molecule has 0 spiro atoms. The number of aromatic nitrogens is 1. The lowest BCUT2D eigenvalue weighted by atomic mass is 9.49. The smallest absolute Gasteiger partial charge is 0.254 e. The van der Waals surface area contributed by atoms with Gasteiger partial charge in [0.05, 0.1) is 12.0 Å². The number of hydrogen-bond donors (Lipinski definition) is 0. The van der Waals surface area contributed by atoms with Crippen molar-refractivity contribution in [1.82, 2.24) is 4.57 Å². The predicted molar refractivity (Wildman–Crippen MR) is 101 cm³/mol. The van der Waals surface area contributed by atoms with Crippen molar-refractivity contribution in [2.75, 3.05) is 0 Å². The topological polar surface area (TPSA) is 34.4 Å². The fourth-order valence-electron chi connectivity index (χ4n) is 5.71. The Hall–Kier alpha value is -1.34. The molecule has 0 radical (unpaired) electrons. The molecule has 4 fully saturated rings. The van der Waals surface area contributed by atoms with Crippen LogP contribution in [-0.2, 0) is 11.3 Å². The van der Waals surface area contributed by atoms with E-state index >= 15 is 0 Å². The quantitative estimate of drug-likeness (QED) is 0.731. The summed E-state index contributed by atoms with van der Waals surface area (Å²) >= 11 is 1.64. The van der Waals surface area contributed by atoms with Crippen LogP contribution in [0.3, 0.4) is 0 Å². The molecule has 0 unspecified atom stereocenters. The van der Waals surface area contributed by atoms with Gasteiger partial charge in [0.1, 0.15) is 0 Å². The average Bonchev–Trinajstić information content (AvgIpc) is 2.81. The number of amides is 1. The number of carbonyl (C=O) groups is 1. The molecule has 1 heterocycles. The van der Waals surface area contributed by atoms with Crippen LogP contribution in [0.15, 0.2) is 4.99 Å². The van der Waals surface area contributed by atoms with Gasteiger partial charge < -0.3 is 4.57 Å². The van der Waals surface area contributed by atoms with Crippen molar-refractivity contribution >= 4 is 17.2 Å². The highest BCUT2D eigenvalue weighted by Gasteiger charge is 2.54. The van der Waals surface area contributed by atoms with Gasteiger partial charge in [-0.25, -0.2) is 0 Å². The molecule has 25 heavy (non-hydrogen) atoms. The van der Waals surface area contributed by atoms with Crippen LogP contribution in [0.2, 0.25) is 0 Å². The van der Waals surface area contributed by atoms with E-state index in [4.69, 9.17) is 0 Å². The molecule has 1 aromatic heterocycles. The van der Waals surface area contributed by atoms with Crippen LogP contribution in [-0.4, -0.2) is 10.5 Å². The summed E-state index contributed by atoms with van der Waals surface area (Å²) in [6, 6.07) is 0. The molecule has 4 aliphatic rings. The summed E-state index contributed by atoms with van der Waals surface area (Å²) in [5.74, 6) is 8.82. The zero-order valence-corrected chi connectivity index (χ0v) is 16.4. The van der Waals surface area contributed by atoms with Gasteiger partial charge in [-0.15, -0.1) is 17.3 Å². The summed E-state index contributed by atoms with van der Waals surface area (Å²) in [6.45, 7) is 6.91. The number of carbonyl (C=O) groups excluding carboxylic acids is 1. The van der Waals surface area contributed by atoms with Crippen LogP contribution >= 0.6 is 11.3 Å². The molecule has 134 valence electrons. The Balaban J connectivity index is 1.67. The Morgan fingerprint density at radius 1 is 1.16 bits per heavy atom. The van der Waals surface area contributed by atoms with Gasteiger partial charge in [0.25, 0.3) is 5.91 Å². The minimum absolute atomic E-state index is 0.145. The van der Waals surface area contributed by atoms with Gasteiger partial charge in [0.15, 0.2) is 4.80 Å². The highest BCUT2D eigenvalue weighted by molar-refractivity contribution is 7.09. The van der Waals surface area contributed by atoms with Gasteiger partial charge in [-0.05, 0) is 70.1 Å². The third kappa shape index (κ3) is 3.01. The Morgan fingerprint density at radius 2 is 1.76 bits per heavy atom. The van der Waals surface area contributed by atoms with Gasteiger partial charge in [0.2, 0.25) is 0 Å². The van der Waals surface area contributed by atoms with E-state index in [1.165, 1.54) is 29.8 Å². The molecular formula is C21H28N2OS. The highest BCUT2D eigenvalue weighted by atomic mass is 32.1. The van der Waals surface area contributed by atoms with E-state index in [0.29, 0.717) is 6.54 Å². The van der Waals surface area contributed by atoms with E-state index in [-0.39, 0.29) is 11.3 Å². The summed E-state index contributed by atoms with van der Waals surface area (Å²) in [5, 5.41) is 0. The molecular weight excluding hydrogens is 328 g/mol. The molecule has 5 rings (SSSR count). The minimum Gasteiger partial charge on any atom is -0.309 e. The van der Waals surface area contributed by atoms with Crippen LogP contribution in [0.1, 0.15) is 62.4 Å². The lowest BCUT2D eigenvalue weighted by molar-refractivity contribution is -0.142. The fraction of sp³-hybridized carbons (Fsp3) is 0.714. The molecule has 1 amide bonds. The second-order valence-electron chi connectivity index (χ2n) is 8.43. The van der Waals surface area contributed by atoms with Gasteiger partial charge in [-0.3, -0.25) is 4.79 Å². The summed E-state index contributed by atoms with van der Waals surface area (Å²) < 4.78 is 2.13. The van der Waals surface area contributed by atoms with Crippen LogP contribution in [0.5, 0.6) is 0 Å². The number of aryl methyl sites for hydroxylation is 1. The molecule has 1 aromatic rings. The Morgan fingerprint density at radius 3 is 2.32 bits per heavy atom. The lowest BCUT2D eigenvalue weighted by Crippen LogP contribution is -2.50. The van der Waals surface area contributed by atoms with Gasteiger partial charge >= 0.3 is 0 Å². The SMILES string of the molecule is CCC#CCn1c(C)c(C)s/c1=N\C(=O)C12CC3CC(CC(C3)C1)C2. The molecule has 0 aliphatic heterocycles. The number of nitrogens with zero attached hydrogens (tertiary/aromatic N) is 2. The predicted octanol–water partition coefficient (Wildman–Crippen LogP) is 4.22. The van der Waals surface area contributed by atoms with Crippen molar-refractivity contribution in [2.24, 2.45) is 28.2 Å². The Labute approximate surface area is 154 Å². The van der Waals surface area contributed by atoms with Crippen molar-refractivity contribution in [1.29, 1.82) is 0 Å². The van der Waals surface area contributed by atoms with Crippen molar-refractivity contribution in [3.8, 4) is 11.8 Å². The van der Waals surface area contributed by atoms with Crippen molar-refractivity contribution in [3.05, 3.63) is 15.4 Å². The summed E-state index contributed by atoms with van der Waals surface area (Å²) in [4.78, 5) is 20.0. The summed E-state index contributed by atoms with van der Waals surface area (Å²) in [5.41, 5.74) is 1.04. The maximum Gasteiger partial charge on any atom is 0.254 e. The number of rotatable bonds is 2. The van der Waals surface area contributed by atoms with Crippen LogP contribution in [0.25, 0.3) is 0 Å². The zero-order valence-electron chi connectivity index (χ0n) is 15.6. The second kappa shape index (κ2) is 6.43. The zero-order chi connectivity index (χ0) is 17.6. The molecule has 0 atom stereocenters. The molecule has 3 nitrogen and oxygen atoms in total. The van der Waals surface area contributed by atoms with Crippen LogP contribution in [0.4, 0.5) is 0 Å². The summed E-state index contributed by atoms with van der Waals surface area (Å²) in [7, 11) is 0. The lowest BCUT2D eigenvalue weighted by Gasteiger charge is -2.55. The first-order valence-corrected chi connectivity index (χ1v) is 10.5. The third-order valence-corrected chi connectivity index (χ3v) is 7.71. The van der Waals surface area contributed by atoms with Gasteiger partial charge in [0, 0.05) is 17.0 Å². The fourth-order valence-corrected chi connectivity index (χ4v) is 6.68. The van der Waals surface area contributed by atoms with E-state index in [1.807, 2.05) is 0 Å². The molecule has 0 aromatic carbocycles. The maximum absolute atomic E-state index is 13.3. The summed E-state index contributed by atoms with van der Waals surface area (Å²) in [6.07, 6.45) is 8.19. The molecule has 0 N–H and O–H groups in total. The van der Waals surface area contributed by atoms with Crippen molar-refractivity contribution in [3.63, 3.8) is 0 Å². The van der Waals surface area contributed by atoms with Crippen molar-refractivity contribution < 1.29 is 4.79 Å². The van der Waals surface area contributed by atoms with E-state index in [1.54, 1.807) is 11.3 Å². The molecule has 0 saturated heterocycles. The molecule has 4 heteroatoms. The number of hydrogen-bond acceptors (Lipinski definition) is 2. The van der Waals surface area contributed by atoms with E-state index in [2.05, 4.69) is 42.2 Å². The molecule has 4 aliphatic carbocycles. The normalized spacial score (nSPS) is 33.4. The van der Waals surface area contributed by atoms with E-state index in [0.717, 1.165) is 48.2 Å². The van der Waals surface area contributed by atoms with Crippen LogP contribution in [0, 0.1) is 48.9 Å². The highest BCUT2D eigenvalue weighted by Crippen LogP contribution is 2.60. The minimum atomic E-state index is -0.145. The third-order valence-electron chi connectivity index (χ3n) is 6.62. The van der Waals surface area contributed by atoms with Crippen molar-refractivity contribution in [2.45, 2.75) is 72.3 Å². The first-order valence-electron chi connectivity index (χ1n) is 9.72. The number of thiazole rings is 1. The maximum atomic E-state index is 13.3.